The molecule has 176 valence electrons. The van der Waals surface area contributed by atoms with Crippen LogP contribution in [0.5, 0.6) is 0 Å². The van der Waals surface area contributed by atoms with Crippen molar-refractivity contribution in [3.8, 4) is 0 Å². The summed E-state index contributed by atoms with van der Waals surface area (Å²) < 4.78 is 7.33. The van der Waals surface area contributed by atoms with Crippen molar-refractivity contribution in [3.05, 3.63) is 63.0 Å². The number of rotatable bonds is 7. The standard InChI is InChI=1S/C24H24N4O4S2/c1-16-4-2-5-20-22(16)25-24(34-20)27(9-3-8-26-10-12-32-13-11-26)23(29)21-15-17-14-18(28(30)31)6-7-19(17)33-21/h2,4-7,14-15H,3,8-13H2,1H3. The maximum absolute atomic E-state index is 13.7. The van der Waals surface area contributed by atoms with Crippen molar-refractivity contribution in [2.75, 3.05) is 44.3 Å². The highest BCUT2D eigenvalue weighted by atomic mass is 32.1. The number of hydrogen-bond donors (Lipinski definition) is 0. The number of carbonyl (C=O) groups excluding carboxylic acids is 1. The zero-order valence-corrected chi connectivity index (χ0v) is 20.4. The molecule has 0 bridgehead atoms. The zero-order valence-electron chi connectivity index (χ0n) is 18.7. The molecule has 1 aliphatic rings. The van der Waals surface area contributed by atoms with Crippen LogP contribution >= 0.6 is 22.7 Å². The van der Waals surface area contributed by atoms with E-state index in [-0.39, 0.29) is 11.6 Å². The fourth-order valence-corrected chi connectivity index (χ4v) is 6.19. The van der Waals surface area contributed by atoms with Crippen LogP contribution in [0.4, 0.5) is 10.8 Å². The number of nitro benzene ring substituents is 1. The molecule has 34 heavy (non-hydrogen) atoms. The van der Waals surface area contributed by atoms with Gasteiger partial charge in [0, 0.05) is 48.4 Å². The molecule has 10 heteroatoms. The van der Waals surface area contributed by atoms with Gasteiger partial charge in [-0.05, 0) is 37.1 Å². The largest absolute Gasteiger partial charge is 0.379 e. The Balaban J connectivity index is 1.44. The SMILES string of the molecule is Cc1cccc2sc(N(CCCN3CCOCC3)C(=O)c3cc4cc([N+](=O)[O-])ccc4s3)nc12. The molecule has 0 saturated carbocycles. The summed E-state index contributed by atoms with van der Waals surface area (Å²) in [5, 5.41) is 12.5. The summed E-state index contributed by atoms with van der Waals surface area (Å²) in [6, 6.07) is 12.5. The molecule has 5 rings (SSSR count). The molecule has 0 aliphatic carbocycles. The number of non-ortho nitro benzene ring substituents is 1. The van der Waals surface area contributed by atoms with E-state index in [1.54, 1.807) is 17.0 Å². The number of fused-ring (bicyclic) bond motifs is 2. The molecule has 8 nitrogen and oxygen atoms in total. The fourth-order valence-electron chi connectivity index (χ4n) is 4.13. The van der Waals surface area contributed by atoms with Crippen molar-refractivity contribution < 1.29 is 14.5 Å². The Morgan fingerprint density at radius 2 is 2.00 bits per heavy atom. The van der Waals surface area contributed by atoms with Crippen molar-refractivity contribution in [2.24, 2.45) is 0 Å². The van der Waals surface area contributed by atoms with Crippen molar-refractivity contribution in [1.82, 2.24) is 9.88 Å². The molecule has 4 aromatic rings. The summed E-state index contributed by atoms with van der Waals surface area (Å²) in [7, 11) is 0. The van der Waals surface area contributed by atoms with Gasteiger partial charge in [0.15, 0.2) is 5.13 Å². The van der Waals surface area contributed by atoms with Crippen LogP contribution in [0.25, 0.3) is 20.3 Å². The van der Waals surface area contributed by atoms with Gasteiger partial charge < -0.3 is 4.74 Å². The van der Waals surface area contributed by atoms with E-state index in [9.17, 15) is 14.9 Å². The van der Waals surface area contributed by atoms with E-state index in [0.717, 1.165) is 59.7 Å². The second-order valence-corrected chi connectivity index (χ2v) is 10.4. The third kappa shape index (κ3) is 4.67. The first-order chi connectivity index (χ1) is 16.5. The van der Waals surface area contributed by atoms with Crippen molar-refractivity contribution in [3.63, 3.8) is 0 Å². The first-order valence-corrected chi connectivity index (χ1v) is 12.8. The number of nitro groups is 1. The number of nitrogens with zero attached hydrogens (tertiary/aromatic N) is 4. The quantitative estimate of drug-likeness (QED) is 0.261. The van der Waals surface area contributed by atoms with E-state index in [1.807, 2.05) is 25.1 Å². The molecule has 0 radical (unpaired) electrons. The lowest BCUT2D eigenvalue weighted by molar-refractivity contribution is -0.384. The van der Waals surface area contributed by atoms with Gasteiger partial charge in [-0.1, -0.05) is 23.5 Å². The lowest BCUT2D eigenvalue weighted by atomic mass is 10.2. The van der Waals surface area contributed by atoms with Gasteiger partial charge in [-0.2, -0.15) is 0 Å². The highest BCUT2D eigenvalue weighted by Gasteiger charge is 2.24. The minimum Gasteiger partial charge on any atom is -0.379 e. The van der Waals surface area contributed by atoms with Gasteiger partial charge in [0.1, 0.15) is 0 Å². The number of carbonyl (C=O) groups is 1. The summed E-state index contributed by atoms with van der Waals surface area (Å²) >= 11 is 2.87. The number of para-hydroxylation sites is 1. The summed E-state index contributed by atoms with van der Waals surface area (Å²) in [6.07, 6.45) is 0.816. The third-order valence-corrected chi connectivity index (χ3v) is 8.11. The zero-order chi connectivity index (χ0) is 23.7. The van der Waals surface area contributed by atoms with Gasteiger partial charge >= 0.3 is 0 Å². The fraction of sp³-hybridized carbons (Fsp3) is 0.333. The van der Waals surface area contributed by atoms with E-state index in [2.05, 4.69) is 4.90 Å². The van der Waals surface area contributed by atoms with E-state index >= 15 is 0 Å². The maximum Gasteiger partial charge on any atom is 0.270 e. The number of amides is 1. The molecule has 2 aromatic heterocycles. The van der Waals surface area contributed by atoms with E-state index < -0.39 is 4.92 Å². The normalized spacial score (nSPS) is 14.6. The monoisotopic (exact) mass is 496 g/mol. The van der Waals surface area contributed by atoms with Gasteiger partial charge in [-0.3, -0.25) is 24.7 Å². The van der Waals surface area contributed by atoms with Crippen molar-refractivity contribution >= 4 is 59.7 Å². The lowest BCUT2D eigenvalue weighted by Gasteiger charge is -2.27. The predicted molar refractivity (Wildman–Crippen MR) is 136 cm³/mol. The maximum atomic E-state index is 13.7. The molecule has 0 unspecified atom stereocenters. The summed E-state index contributed by atoms with van der Waals surface area (Å²) in [6.45, 7) is 6.75. The number of hydrogen-bond acceptors (Lipinski definition) is 8. The minimum atomic E-state index is -0.417. The number of ether oxygens (including phenoxy) is 1. The second-order valence-electron chi connectivity index (χ2n) is 8.27. The molecule has 3 heterocycles. The average molecular weight is 497 g/mol. The third-order valence-electron chi connectivity index (χ3n) is 5.97. The number of aryl methyl sites for hydroxylation is 1. The first-order valence-electron chi connectivity index (χ1n) is 11.2. The van der Waals surface area contributed by atoms with E-state index in [0.29, 0.717) is 21.9 Å². The molecule has 1 saturated heterocycles. The number of morpholine rings is 1. The highest BCUT2D eigenvalue weighted by Crippen LogP contribution is 2.34. The van der Waals surface area contributed by atoms with Crippen LogP contribution in [-0.2, 0) is 4.74 Å². The number of anilines is 1. The van der Waals surface area contributed by atoms with Gasteiger partial charge in [0.25, 0.3) is 11.6 Å². The minimum absolute atomic E-state index is 0.0216. The van der Waals surface area contributed by atoms with Crippen LogP contribution in [-0.4, -0.2) is 60.1 Å². The number of thiophene rings is 1. The highest BCUT2D eigenvalue weighted by molar-refractivity contribution is 7.23. The Morgan fingerprint density at radius 1 is 1.18 bits per heavy atom. The Bertz CT molecular complexity index is 1360. The second kappa shape index (κ2) is 9.75. The average Bonchev–Trinajstić information content (AvgIpc) is 3.47. The van der Waals surface area contributed by atoms with Crippen LogP contribution < -0.4 is 4.90 Å². The molecular weight excluding hydrogens is 472 g/mol. The Labute approximate surface area is 204 Å². The molecule has 1 amide bonds. The molecule has 1 fully saturated rings. The Morgan fingerprint density at radius 3 is 2.76 bits per heavy atom. The number of benzene rings is 2. The van der Waals surface area contributed by atoms with E-state index in [1.165, 1.54) is 34.8 Å². The topological polar surface area (TPSA) is 88.8 Å². The summed E-state index contributed by atoms with van der Waals surface area (Å²) in [4.78, 5) is 33.9. The van der Waals surface area contributed by atoms with Gasteiger partial charge in [-0.25, -0.2) is 4.98 Å². The van der Waals surface area contributed by atoms with E-state index in [4.69, 9.17) is 9.72 Å². The van der Waals surface area contributed by atoms with Gasteiger partial charge in [-0.15, -0.1) is 11.3 Å². The molecule has 0 spiro atoms. The molecule has 0 atom stereocenters. The first kappa shape index (κ1) is 22.9. The van der Waals surface area contributed by atoms with Crippen LogP contribution in [0.2, 0.25) is 0 Å². The van der Waals surface area contributed by atoms with Gasteiger partial charge in [0.2, 0.25) is 0 Å². The predicted octanol–water partition coefficient (Wildman–Crippen LogP) is 5.10. The number of aromatic nitrogens is 1. The summed E-state index contributed by atoms with van der Waals surface area (Å²) in [5.74, 6) is -0.123. The molecular formula is C24H24N4O4S2. The molecule has 0 N–H and O–H groups in total. The van der Waals surface area contributed by atoms with Gasteiger partial charge in [0.05, 0.1) is 33.2 Å². The van der Waals surface area contributed by atoms with Crippen LogP contribution in [0.1, 0.15) is 21.7 Å². The molecule has 1 aliphatic heterocycles. The smallest absolute Gasteiger partial charge is 0.270 e. The summed E-state index contributed by atoms with van der Waals surface area (Å²) in [5.41, 5.74) is 2.02. The van der Waals surface area contributed by atoms with Crippen molar-refractivity contribution in [2.45, 2.75) is 13.3 Å². The van der Waals surface area contributed by atoms with Crippen LogP contribution in [0.15, 0.2) is 42.5 Å². The Kier molecular flexibility index (Phi) is 6.55. The lowest BCUT2D eigenvalue weighted by Crippen LogP contribution is -2.39. The Hall–Kier alpha value is -2.92. The molecule has 2 aromatic carbocycles. The van der Waals surface area contributed by atoms with Crippen LogP contribution in [0, 0.1) is 17.0 Å². The van der Waals surface area contributed by atoms with Crippen molar-refractivity contribution in [1.29, 1.82) is 0 Å². The number of thiazole rings is 1. The van der Waals surface area contributed by atoms with Crippen LogP contribution in [0.3, 0.4) is 0 Å².